The molecule has 0 radical (unpaired) electrons. The van der Waals surface area contributed by atoms with Crippen LogP contribution in [0.5, 0.6) is 0 Å². The van der Waals surface area contributed by atoms with Crippen LogP contribution in [-0.2, 0) is 19.4 Å². The van der Waals surface area contributed by atoms with Crippen molar-refractivity contribution >= 4 is 27.5 Å². The molecule has 2 saturated heterocycles. The fourth-order valence-corrected chi connectivity index (χ4v) is 6.58. The molecule has 0 unspecified atom stereocenters. The van der Waals surface area contributed by atoms with E-state index >= 15 is 0 Å². The highest BCUT2D eigenvalue weighted by molar-refractivity contribution is 8.02. The van der Waals surface area contributed by atoms with E-state index in [0.29, 0.717) is 18.7 Å². The zero-order valence-corrected chi connectivity index (χ0v) is 15.8. The predicted octanol–water partition coefficient (Wildman–Crippen LogP) is 0.521. The van der Waals surface area contributed by atoms with Crippen LogP contribution in [0, 0.1) is 0 Å². The van der Waals surface area contributed by atoms with Crippen molar-refractivity contribution < 1.29 is 17.9 Å². The van der Waals surface area contributed by atoms with Crippen LogP contribution in [0.4, 0.5) is 0 Å². The number of hydrogen-bond acceptors (Lipinski definition) is 6. The number of carbonyl (C=O) groups excluding carboxylic acids is 1. The summed E-state index contributed by atoms with van der Waals surface area (Å²) in [7, 11) is -2.87. The van der Waals surface area contributed by atoms with Gasteiger partial charge >= 0.3 is 0 Å². The van der Waals surface area contributed by atoms with Gasteiger partial charge in [-0.2, -0.15) is 0 Å². The highest BCUT2D eigenvalue weighted by Crippen LogP contribution is 2.24. The van der Waals surface area contributed by atoms with Gasteiger partial charge in [-0.05, 0) is 27.2 Å². The lowest BCUT2D eigenvalue weighted by atomic mass is 10.2. The van der Waals surface area contributed by atoms with Gasteiger partial charge < -0.3 is 10.1 Å². The number of rotatable bonds is 6. The number of amides is 1. The van der Waals surface area contributed by atoms with E-state index < -0.39 is 9.84 Å². The van der Waals surface area contributed by atoms with Crippen LogP contribution in [0.2, 0.25) is 0 Å². The van der Waals surface area contributed by atoms with Crippen LogP contribution in [-0.4, -0.2) is 79.6 Å². The van der Waals surface area contributed by atoms with Crippen LogP contribution >= 0.6 is 11.8 Å². The van der Waals surface area contributed by atoms with Crippen molar-refractivity contribution in [3.8, 4) is 0 Å². The van der Waals surface area contributed by atoms with Gasteiger partial charge in [0.25, 0.3) is 0 Å². The Kier molecular flexibility index (Phi) is 6.77. The number of thioether (sulfide) groups is 1. The van der Waals surface area contributed by atoms with Gasteiger partial charge in [-0.15, -0.1) is 11.8 Å². The third-order valence-corrected chi connectivity index (χ3v) is 7.59. The first kappa shape index (κ1) is 19.0. The zero-order chi connectivity index (χ0) is 17.0. The summed E-state index contributed by atoms with van der Waals surface area (Å²) in [6.07, 6.45) is 1.11. The number of sulfone groups is 1. The summed E-state index contributed by atoms with van der Waals surface area (Å²) < 4.78 is 28.5. The number of nitrogens with zero attached hydrogens (tertiary/aromatic N) is 1. The van der Waals surface area contributed by atoms with Crippen LogP contribution in [0.25, 0.3) is 0 Å². The normalized spacial score (nSPS) is 32.6. The first-order valence-electron chi connectivity index (χ1n) is 8.23. The molecule has 0 aromatic carbocycles. The van der Waals surface area contributed by atoms with Crippen molar-refractivity contribution in [1.82, 2.24) is 10.2 Å². The van der Waals surface area contributed by atoms with Crippen LogP contribution in [0.15, 0.2) is 0 Å². The number of ether oxygens (including phenoxy) is 1. The van der Waals surface area contributed by atoms with Gasteiger partial charge in [-0.1, -0.05) is 0 Å². The topological polar surface area (TPSA) is 75.7 Å². The summed E-state index contributed by atoms with van der Waals surface area (Å²) >= 11 is 1.46. The maximum atomic E-state index is 12.0. The summed E-state index contributed by atoms with van der Waals surface area (Å²) in [5.74, 6) is 0.797. The van der Waals surface area contributed by atoms with Gasteiger partial charge in [0.15, 0.2) is 9.84 Å². The van der Waals surface area contributed by atoms with Gasteiger partial charge in [0.05, 0.1) is 29.5 Å². The SMILES string of the molecule is C[C@@H]1CN([C@H](C)CNC(=O)CS[C@H]2CCS(=O)(=O)C2)C[C@@H](C)O1. The van der Waals surface area contributed by atoms with Crippen molar-refractivity contribution in [3.63, 3.8) is 0 Å². The molecule has 0 aliphatic carbocycles. The molecule has 2 aliphatic rings. The molecule has 4 atom stereocenters. The Bertz CT molecular complexity index is 502. The summed E-state index contributed by atoms with van der Waals surface area (Å²) in [5, 5.41) is 3.04. The minimum absolute atomic E-state index is 0.0134. The molecule has 0 bridgehead atoms. The minimum atomic E-state index is -2.87. The fourth-order valence-electron chi connectivity index (χ4n) is 3.11. The molecule has 0 aromatic rings. The Balaban J connectivity index is 1.66. The lowest BCUT2D eigenvalue weighted by Crippen LogP contribution is -2.52. The Morgan fingerprint density at radius 1 is 1.35 bits per heavy atom. The maximum Gasteiger partial charge on any atom is 0.230 e. The molecule has 0 spiro atoms. The fraction of sp³-hybridized carbons (Fsp3) is 0.933. The molecular weight excluding hydrogens is 336 g/mol. The molecule has 6 nitrogen and oxygen atoms in total. The molecule has 2 aliphatic heterocycles. The van der Waals surface area contributed by atoms with Crippen molar-refractivity contribution in [2.24, 2.45) is 0 Å². The predicted molar refractivity (Wildman–Crippen MR) is 93.6 cm³/mol. The van der Waals surface area contributed by atoms with Gasteiger partial charge in [-0.25, -0.2) is 8.42 Å². The smallest absolute Gasteiger partial charge is 0.230 e. The lowest BCUT2D eigenvalue weighted by molar-refractivity contribution is -0.119. The van der Waals surface area contributed by atoms with Crippen molar-refractivity contribution in [2.45, 2.75) is 50.7 Å². The quantitative estimate of drug-likeness (QED) is 0.741. The van der Waals surface area contributed by atoms with E-state index in [1.165, 1.54) is 11.8 Å². The molecule has 134 valence electrons. The van der Waals surface area contributed by atoms with Gasteiger partial charge in [-0.3, -0.25) is 9.69 Å². The number of nitrogens with one attached hydrogen (secondary N) is 1. The minimum Gasteiger partial charge on any atom is -0.373 e. The van der Waals surface area contributed by atoms with Crippen LogP contribution in [0.3, 0.4) is 0 Å². The lowest BCUT2D eigenvalue weighted by Gasteiger charge is -2.39. The molecule has 2 heterocycles. The van der Waals surface area contributed by atoms with E-state index in [9.17, 15) is 13.2 Å². The van der Waals surface area contributed by atoms with Crippen molar-refractivity contribution in [2.75, 3.05) is 36.9 Å². The number of hydrogen-bond donors (Lipinski definition) is 1. The Labute approximate surface area is 143 Å². The van der Waals surface area contributed by atoms with E-state index in [0.717, 1.165) is 13.1 Å². The summed E-state index contributed by atoms with van der Waals surface area (Å²) in [4.78, 5) is 14.3. The second kappa shape index (κ2) is 8.18. The molecule has 1 N–H and O–H groups in total. The standard InChI is InChI=1S/C15H28N2O4S2/c1-11(17-7-12(2)21-13(3)8-17)6-16-15(18)9-22-14-4-5-23(19,20)10-14/h11-14H,4-10H2,1-3H3,(H,16,18)/t11-,12-,13-,14+/m1/s1. The Morgan fingerprint density at radius 3 is 2.57 bits per heavy atom. The largest absolute Gasteiger partial charge is 0.373 e. The highest BCUT2D eigenvalue weighted by Gasteiger charge is 2.29. The second-order valence-electron chi connectivity index (χ2n) is 6.70. The summed E-state index contributed by atoms with van der Waals surface area (Å²) in [5.41, 5.74) is 0. The molecule has 2 rings (SSSR count). The zero-order valence-electron chi connectivity index (χ0n) is 14.2. The van der Waals surface area contributed by atoms with Gasteiger partial charge in [0, 0.05) is 30.9 Å². The molecule has 2 fully saturated rings. The van der Waals surface area contributed by atoms with E-state index in [4.69, 9.17) is 4.74 Å². The van der Waals surface area contributed by atoms with E-state index in [1.54, 1.807) is 0 Å². The molecule has 8 heteroatoms. The summed E-state index contributed by atoms with van der Waals surface area (Å²) in [6, 6.07) is 0.268. The Morgan fingerprint density at radius 2 is 2.00 bits per heavy atom. The van der Waals surface area contributed by atoms with Gasteiger partial charge in [0.2, 0.25) is 5.91 Å². The second-order valence-corrected chi connectivity index (χ2v) is 10.2. The van der Waals surface area contributed by atoms with E-state index in [-0.39, 0.29) is 40.9 Å². The average Bonchev–Trinajstić information content (AvgIpc) is 2.81. The molecule has 0 saturated carbocycles. The molecule has 0 aromatic heterocycles. The Hall–Kier alpha value is -0.310. The van der Waals surface area contributed by atoms with Crippen molar-refractivity contribution in [1.29, 1.82) is 0 Å². The monoisotopic (exact) mass is 364 g/mol. The summed E-state index contributed by atoms with van der Waals surface area (Å²) in [6.45, 7) is 8.64. The van der Waals surface area contributed by atoms with Gasteiger partial charge in [0.1, 0.15) is 0 Å². The van der Waals surface area contributed by atoms with Crippen molar-refractivity contribution in [3.05, 3.63) is 0 Å². The highest BCUT2D eigenvalue weighted by atomic mass is 32.2. The third-order valence-electron chi connectivity index (χ3n) is 4.31. The molecule has 23 heavy (non-hydrogen) atoms. The van der Waals surface area contributed by atoms with Crippen LogP contribution < -0.4 is 5.32 Å². The number of carbonyl (C=O) groups is 1. The molecule has 1 amide bonds. The van der Waals surface area contributed by atoms with E-state index in [1.807, 2.05) is 0 Å². The maximum absolute atomic E-state index is 12.0. The number of morpholine rings is 1. The third kappa shape index (κ3) is 6.25. The van der Waals surface area contributed by atoms with Crippen LogP contribution in [0.1, 0.15) is 27.2 Å². The van der Waals surface area contributed by atoms with E-state index in [2.05, 4.69) is 31.0 Å². The molecular formula is C15H28N2O4S2. The first-order chi connectivity index (χ1) is 10.7. The first-order valence-corrected chi connectivity index (χ1v) is 11.1. The average molecular weight is 365 g/mol.